The average molecular weight is 255 g/mol. The van der Waals surface area contributed by atoms with Crippen LogP contribution in [0.15, 0.2) is 12.1 Å². The van der Waals surface area contributed by atoms with Gasteiger partial charge in [0.05, 0.1) is 11.0 Å². The fourth-order valence-electron chi connectivity index (χ4n) is 1.80. The summed E-state index contributed by atoms with van der Waals surface area (Å²) in [5.41, 5.74) is 0.511. The van der Waals surface area contributed by atoms with Crippen molar-refractivity contribution in [1.29, 1.82) is 0 Å². The first kappa shape index (κ1) is 14.4. The quantitative estimate of drug-likeness (QED) is 0.648. The highest BCUT2D eigenvalue weighted by Crippen LogP contribution is 2.28. The van der Waals surface area contributed by atoms with Crippen LogP contribution >= 0.6 is 0 Å². The predicted octanol–water partition coefficient (Wildman–Crippen LogP) is 2.40. The topological polar surface area (TPSA) is 58.4 Å². The minimum absolute atomic E-state index is 0.0311. The summed E-state index contributed by atoms with van der Waals surface area (Å²) in [6.45, 7) is 4.23. The molecule has 1 unspecified atom stereocenters. The van der Waals surface area contributed by atoms with Gasteiger partial charge in [0.2, 0.25) is 0 Å². The molecule has 5 nitrogen and oxygen atoms in total. The number of nitro groups is 1. The van der Waals surface area contributed by atoms with Gasteiger partial charge in [-0.05, 0) is 39.6 Å². The van der Waals surface area contributed by atoms with E-state index in [0.717, 1.165) is 12.6 Å². The van der Waals surface area contributed by atoms with Gasteiger partial charge >= 0.3 is 0 Å². The molecule has 0 aromatic heterocycles. The van der Waals surface area contributed by atoms with Crippen LogP contribution < -0.4 is 5.32 Å². The fourth-order valence-corrected chi connectivity index (χ4v) is 1.80. The van der Waals surface area contributed by atoms with Gasteiger partial charge in [-0.3, -0.25) is 10.1 Å². The minimum Gasteiger partial charge on any atom is -0.376 e. The largest absolute Gasteiger partial charge is 0.376 e. The first-order chi connectivity index (χ1) is 8.31. The van der Waals surface area contributed by atoms with Gasteiger partial charge in [-0.2, -0.15) is 0 Å². The first-order valence-electron chi connectivity index (χ1n) is 5.67. The van der Waals surface area contributed by atoms with Crippen LogP contribution in [-0.4, -0.2) is 36.5 Å². The summed E-state index contributed by atoms with van der Waals surface area (Å²) in [4.78, 5) is 12.3. The summed E-state index contributed by atoms with van der Waals surface area (Å²) in [7, 11) is 3.84. The number of halogens is 1. The van der Waals surface area contributed by atoms with Gasteiger partial charge in [0, 0.05) is 12.6 Å². The Morgan fingerprint density at radius 2 is 2.11 bits per heavy atom. The van der Waals surface area contributed by atoms with Gasteiger partial charge in [0.25, 0.3) is 5.69 Å². The van der Waals surface area contributed by atoms with Gasteiger partial charge in [0.1, 0.15) is 11.5 Å². The Labute approximate surface area is 106 Å². The molecule has 0 heterocycles. The Bertz CT molecular complexity index is 449. The van der Waals surface area contributed by atoms with E-state index < -0.39 is 10.7 Å². The third-order valence-corrected chi connectivity index (χ3v) is 2.51. The lowest BCUT2D eigenvalue weighted by Gasteiger charge is -2.19. The number of anilines is 1. The average Bonchev–Trinajstić information content (AvgIpc) is 2.21. The van der Waals surface area contributed by atoms with Crippen molar-refractivity contribution >= 4 is 11.4 Å². The van der Waals surface area contributed by atoms with Crippen LogP contribution in [0, 0.1) is 22.9 Å². The van der Waals surface area contributed by atoms with E-state index in [-0.39, 0.29) is 11.7 Å². The van der Waals surface area contributed by atoms with Crippen molar-refractivity contribution in [3.63, 3.8) is 0 Å². The van der Waals surface area contributed by atoms with Crippen molar-refractivity contribution < 1.29 is 9.31 Å². The molecule has 0 spiro atoms. The van der Waals surface area contributed by atoms with Crippen LogP contribution in [-0.2, 0) is 0 Å². The Kier molecular flexibility index (Phi) is 4.61. The lowest BCUT2D eigenvalue weighted by atomic mass is 10.1. The standard InChI is InChI=1S/C12H18FN3O2/c1-8-5-11(14-9(2)7-15(3)4)12(16(17)18)6-10(8)13/h5-6,9,14H,7H2,1-4H3. The molecule has 1 N–H and O–H groups in total. The van der Waals surface area contributed by atoms with Crippen molar-refractivity contribution in [3.8, 4) is 0 Å². The summed E-state index contributed by atoms with van der Waals surface area (Å²) in [6, 6.07) is 2.46. The molecular weight excluding hydrogens is 237 g/mol. The second-order valence-electron chi connectivity index (χ2n) is 4.68. The molecule has 0 saturated heterocycles. The molecule has 18 heavy (non-hydrogen) atoms. The first-order valence-corrected chi connectivity index (χ1v) is 5.67. The second-order valence-corrected chi connectivity index (χ2v) is 4.68. The molecule has 1 aromatic rings. The zero-order valence-electron chi connectivity index (χ0n) is 11.0. The number of rotatable bonds is 5. The molecular formula is C12H18FN3O2. The van der Waals surface area contributed by atoms with Crippen LogP contribution in [0.25, 0.3) is 0 Å². The maximum Gasteiger partial charge on any atom is 0.295 e. The highest BCUT2D eigenvalue weighted by Gasteiger charge is 2.18. The van der Waals surface area contributed by atoms with E-state index in [2.05, 4.69) is 5.32 Å². The Morgan fingerprint density at radius 3 is 2.61 bits per heavy atom. The normalized spacial score (nSPS) is 12.6. The molecule has 0 aliphatic carbocycles. The number of benzene rings is 1. The number of aryl methyl sites for hydroxylation is 1. The zero-order valence-corrected chi connectivity index (χ0v) is 11.0. The number of hydrogen-bond acceptors (Lipinski definition) is 4. The van der Waals surface area contributed by atoms with E-state index in [1.54, 1.807) is 6.92 Å². The van der Waals surface area contributed by atoms with E-state index in [4.69, 9.17) is 0 Å². The maximum absolute atomic E-state index is 13.3. The Balaban J connectivity index is 3.00. The molecule has 0 fully saturated rings. The molecule has 0 bridgehead atoms. The fraction of sp³-hybridized carbons (Fsp3) is 0.500. The van der Waals surface area contributed by atoms with E-state index in [9.17, 15) is 14.5 Å². The van der Waals surface area contributed by atoms with Crippen LogP contribution in [0.2, 0.25) is 0 Å². The smallest absolute Gasteiger partial charge is 0.295 e. The number of nitrogens with one attached hydrogen (secondary N) is 1. The van der Waals surface area contributed by atoms with E-state index in [0.29, 0.717) is 11.3 Å². The lowest BCUT2D eigenvalue weighted by Crippen LogP contribution is -2.29. The van der Waals surface area contributed by atoms with Crippen molar-refractivity contribution in [2.24, 2.45) is 0 Å². The van der Waals surface area contributed by atoms with Crippen molar-refractivity contribution in [2.45, 2.75) is 19.9 Å². The van der Waals surface area contributed by atoms with Gasteiger partial charge in [0.15, 0.2) is 0 Å². The number of nitrogens with zero attached hydrogens (tertiary/aromatic N) is 2. The number of hydrogen-bond donors (Lipinski definition) is 1. The zero-order chi connectivity index (χ0) is 13.9. The SMILES string of the molecule is Cc1cc(NC(C)CN(C)C)c([N+](=O)[O-])cc1F. The molecule has 6 heteroatoms. The van der Waals surface area contributed by atoms with Crippen molar-refractivity contribution in [2.75, 3.05) is 26.0 Å². The Morgan fingerprint density at radius 1 is 1.50 bits per heavy atom. The van der Waals surface area contributed by atoms with Crippen LogP contribution in [0.5, 0.6) is 0 Å². The van der Waals surface area contributed by atoms with Crippen molar-refractivity contribution in [3.05, 3.63) is 33.6 Å². The highest BCUT2D eigenvalue weighted by molar-refractivity contribution is 5.63. The molecule has 1 rings (SSSR count). The lowest BCUT2D eigenvalue weighted by molar-refractivity contribution is -0.384. The number of likely N-dealkylation sites (N-methyl/N-ethyl adjacent to an activating group) is 1. The molecule has 0 aliphatic heterocycles. The molecule has 0 amide bonds. The Hall–Kier alpha value is -1.69. The van der Waals surface area contributed by atoms with E-state index in [1.165, 1.54) is 6.07 Å². The molecule has 0 saturated carbocycles. The van der Waals surface area contributed by atoms with Crippen molar-refractivity contribution in [1.82, 2.24) is 4.90 Å². The van der Waals surface area contributed by atoms with Crippen LogP contribution in [0.4, 0.5) is 15.8 Å². The van der Waals surface area contributed by atoms with Gasteiger partial charge in [-0.15, -0.1) is 0 Å². The van der Waals surface area contributed by atoms with E-state index >= 15 is 0 Å². The minimum atomic E-state index is -0.576. The van der Waals surface area contributed by atoms with Crippen LogP contribution in [0.1, 0.15) is 12.5 Å². The van der Waals surface area contributed by atoms with Gasteiger partial charge in [-0.25, -0.2) is 4.39 Å². The van der Waals surface area contributed by atoms with Crippen LogP contribution in [0.3, 0.4) is 0 Å². The summed E-state index contributed by atoms with van der Waals surface area (Å²) in [5, 5.41) is 13.9. The summed E-state index contributed by atoms with van der Waals surface area (Å²) < 4.78 is 13.3. The monoisotopic (exact) mass is 255 g/mol. The third kappa shape index (κ3) is 3.66. The summed E-state index contributed by atoms with van der Waals surface area (Å²) in [6.07, 6.45) is 0. The summed E-state index contributed by atoms with van der Waals surface area (Å²) >= 11 is 0. The molecule has 0 aliphatic rings. The summed E-state index contributed by atoms with van der Waals surface area (Å²) in [5.74, 6) is -0.562. The number of nitro benzene ring substituents is 1. The van der Waals surface area contributed by atoms with Gasteiger partial charge in [-0.1, -0.05) is 0 Å². The maximum atomic E-state index is 13.3. The molecule has 1 atom stereocenters. The molecule has 100 valence electrons. The molecule has 1 aromatic carbocycles. The second kappa shape index (κ2) is 5.77. The van der Waals surface area contributed by atoms with Gasteiger partial charge < -0.3 is 10.2 Å². The van der Waals surface area contributed by atoms with E-state index in [1.807, 2.05) is 25.9 Å². The highest BCUT2D eigenvalue weighted by atomic mass is 19.1. The predicted molar refractivity (Wildman–Crippen MR) is 69.4 cm³/mol. The molecule has 0 radical (unpaired) electrons. The third-order valence-electron chi connectivity index (χ3n) is 2.51.